The molecule has 0 spiro atoms. The lowest BCUT2D eigenvalue weighted by Crippen LogP contribution is -2.46. The molecule has 0 unspecified atom stereocenters. The molecule has 7 nitrogen and oxygen atoms in total. The van der Waals surface area contributed by atoms with Crippen molar-refractivity contribution in [2.24, 2.45) is 5.92 Å². The van der Waals surface area contributed by atoms with Gasteiger partial charge in [-0.05, 0) is 18.1 Å². The number of carbonyl (C=O) groups is 2. The lowest BCUT2D eigenvalue weighted by molar-refractivity contribution is -0.143. The van der Waals surface area contributed by atoms with Crippen LogP contribution in [0.3, 0.4) is 0 Å². The van der Waals surface area contributed by atoms with Gasteiger partial charge in [0.15, 0.2) is 0 Å². The summed E-state index contributed by atoms with van der Waals surface area (Å²) in [5.41, 5.74) is 0.221. The molecule has 1 heterocycles. The molecule has 1 amide bonds. The first-order valence-electron chi connectivity index (χ1n) is 7.40. The fraction of sp³-hybridized carbons (Fsp3) is 0.375. The smallest absolute Gasteiger partial charge is 0.326 e. The van der Waals surface area contributed by atoms with Gasteiger partial charge < -0.3 is 10.4 Å². The molecule has 2 aromatic rings. The summed E-state index contributed by atoms with van der Waals surface area (Å²) in [5, 5.41) is 12.1. The third kappa shape index (κ3) is 3.74. The molecule has 2 rings (SSSR count). The van der Waals surface area contributed by atoms with E-state index in [-0.39, 0.29) is 18.0 Å². The number of aliphatic carboxylic acids is 1. The van der Waals surface area contributed by atoms with E-state index in [1.807, 2.05) is 6.92 Å². The largest absolute Gasteiger partial charge is 0.480 e. The standard InChI is InChI=1S/C16H19N3O4/c1-3-10(2)14(16(22)23)18-13(20)8-19-9-17-12-7-5-4-6-11(12)15(19)21/h4-7,9-10,14H,3,8H2,1-2H3,(H,18,20)(H,22,23)/t10-,14+/m0/s1. The summed E-state index contributed by atoms with van der Waals surface area (Å²) >= 11 is 0. The molecule has 0 saturated carbocycles. The van der Waals surface area contributed by atoms with E-state index in [1.54, 1.807) is 31.2 Å². The van der Waals surface area contributed by atoms with Crippen molar-refractivity contribution in [3.05, 3.63) is 40.9 Å². The highest BCUT2D eigenvalue weighted by atomic mass is 16.4. The average Bonchev–Trinajstić information content (AvgIpc) is 2.54. The molecule has 2 atom stereocenters. The lowest BCUT2D eigenvalue weighted by Gasteiger charge is -2.20. The van der Waals surface area contributed by atoms with Crippen LogP contribution in [0.25, 0.3) is 10.9 Å². The maximum Gasteiger partial charge on any atom is 0.326 e. The number of benzene rings is 1. The Hall–Kier alpha value is -2.70. The van der Waals surface area contributed by atoms with Crippen molar-refractivity contribution in [3.8, 4) is 0 Å². The van der Waals surface area contributed by atoms with Crippen LogP contribution >= 0.6 is 0 Å². The fourth-order valence-electron chi connectivity index (χ4n) is 2.28. The molecule has 23 heavy (non-hydrogen) atoms. The maximum atomic E-state index is 12.3. The van der Waals surface area contributed by atoms with Crippen molar-refractivity contribution in [1.82, 2.24) is 14.9 Å². The summed E-state index contributed by atoms with van der Waals surface area (Å²) in [7, 11) is 0. The summed E-state index contributed by atoms with van der Waals surface area (Å²) in [5.74, 6) is -1.82. The molecule has 1 aromatic carbocycles. The van der Waals surface area contributed by atoms with Gasteiger partial charge in [-0.3, -0.25) is 14.2 Å². The van der Waals surface area contributed by atoms with Gasteiger partial charge >= 0.3 is 5.97 Å². The van der Waals surface area contributed by atoms with Crippen LogP contribution in [0.1, 0.15) is 20.3 Å². The van der Waals surface area contributed by atoms with Crippen LogP contribution in [0.4, 0.5) is 0 Å². The zero-order valence-corrected chi connectivity index (χ0v) is 13.0. The average molecular weight is 317 g/mol. The molecule has 0 aliphatic carbocycles. The Bertz CT molecular complexity index is 784. The minimum absolute atomic E-state index is 0.206. The number of carboxylic acid groups (broad SMARTS) is 1. The van der Waals surface area contributed by atoms with E-state index in [4.69, 9.17) is 0 Å². The Kier molecular flexibility index (Phi) is 5.10. The van der Waals surface area contributed by atoms with Crippen LogP contribution in [-0.4, -0.2) is 32.6 Å². The molecular formula is C16H19N3O4. The van der Waals surface area contributed by atoms with Crippen molar-refractivity contribution in [3.63, 3.8) is 0 Å². The first-order valence-corrected chi connectivity index (χ1v) is 7.40. The van der Waals surface area contributed by atoms with Gasteiger partial charge in [0.05, 0.1) is 17.2 Å². The quantitative estimate of drug-likeness (QED) is 0.828. The molecule has 0 aliphatic heterocycles. The summed E-state index contributed by atoms with van der Waals surface area (Å²) in [6.07, 6.45) is 1.91. The highest BCUT2D eigenvalue weighted by Gasteiger charge is 2.25. The van der Waals surface area contributed by atoms with Gasteiger partial charge in [-0.15, -0.1) is 0 Å². The number of hydrogen-bond donors (Lipinski definition) is 2. The SMILES string of the molecule is CC[C@H](C)[C@@H](NC(=O)Cn1cnc2ccccc2c1=O)C(=O)O. The molecule has 0 bridgehead atoms. The van der Waals surface area contributed by atoms with E-state index < -0.39 is 17.9 Å². The predicted molar refractivity (Wildman–Crippen MR) is 85.0 cm³/mol. The van der Waals surface area contributed by atoms with Gasteiger partial charge in [0, 0.05) is 0 Å². The number of nitrogens with one attached hydrogen (secondary N) is 1. The van der Waals surface area contributed by atoms with Gasteiger partial charge in [0.1, 0.15) is 12.6 Å². The second-order valence-corrected chi connectivity index (χ2v) is 5.46. The zero-order chi connectivity index (χ0) is 17.0. The van der Waals surface area contributed by atoms with Gasteiger partial charge in [-0.25, -0.2) is 9.78 Å². The van der Waals surface area contributed by atoms with E-state index in [2.05, 4.69) is 10.3 Å². The molecule has 1 aromatic heterocycles. The summed E-state index contributed by atoms with van der Waals surface area (Å²) in [6.45, 7) is 3.34. The first kappa shape index (κ1) is 16.7. The van der Waals surface area contributed by atoms with Crippen LogP contribution in [0.15, 0.2) is 35.4 Å². The summed E-state index contributed by atoms with van der Waals surface area (Å²) < 4.78 is 1.17. The minimum Gasteiger partial charge on any atom is -0.480 e. The number of nitrogens with zero attached hydrogens (tertiary/aromatic N) is 2. The monoisotopic (exact) mass is 317 g/mol. The van der Waals surface area contributed by atoms with Crippen LogP contribution in [0.5, 0.6) is 0 Å². The van der Waals surface area contributed by atoms with E-state index in [0.29, 0.717) is 17.3 Å². The van der Waals surface area contributed by atoms with Crippen molar-refractivity contribution in [2.45, 2.75) is 32.9 Å². The number of aromatic nitrogens is 2. The number of carboxylic acids is 1. The third-order valence-electron chi connectivity index (χ3n) is 3.84. The van der Waals surface area contributed by atoms with E-state index in [0.717, 1.165) is 0 Å². The topological polar surface area (TPSA) is 101 Å². The highest BCUT2D eigenvalue weighted by Crippen LogP contribution is 2.08. The molecule has 2 N–H and O–H groups in total. The van der Waals surface area contributed by atoms with Crippen molar-refractivity contribution < 1.29 is 14.7 Å². The molecule has 0 saturated heterocycles. The number of para-hydroxylation sites is 1. The maximum absolute atomic E-state index is 12.3. The molecule has 122 valence electrons. The number of fused-ring (bicyclic) bond motifs is 1. The molecule has 0 radical (unpaired) electrons. The minimum atomic E-state index is -1.09. The predicted octanol–water partition coefficient (Wildman–Crippen LogP) is 1.01. The Morgan fingerprint density at radius 3 is 2.70 bits per heavy atom. The van der Waals surface area contributed by atoms with Crippen LogP contribution in [0, 0.1) is 5.92 Å². The van der Waals surface area contributed by atoms with Crippen LogP contribution < -0.4 is 10.9 Å². The lowest BCUT2D eigenvalue weighted by atomic mass is 9.99. The third-order valence-corrected chi connectivity index (χ3v) is 3.84. The number of hydrogen-bond acceptors (Lipinski definition) is 4. The van der Waals surface area contributed by atoms with Crippen molar-refractivity contribution in [2.75, 3.05) is 0 Å². The Labute approximate surface area is 133 Å². The van der Waals surface area contributed by atoms with Crippen LogP contribution in [0.2, 0.25) is 0 Å². The van der Waals surface area contributed by atoms with Gasteiger partial charge in [0.2, 0.25) is 5.91 Å². The Morgan fingerprint density at radius 1 is 1.35 bits per heavy atom. The van der Waals surface area contributed by atoms with Gasteiger partial charge in [-0.2, -0.15) is 0 Å². The molecule has 0 fully saturated rings. The van der Waals surface area contributed by atoms with Gasteiger partial charge in [0.25, 0.3) is 5.56 Å². The number of rotatable bonds is 6. The molecule has 7 heteroatoms. The summed E-state index contributed by atoms with van der Waals surface area (Å²) in [4.78, 5) is 39.7. The second kappa shape index (κ2) is 7.04. The molecule has 0 aliphatic rings. The first-order chi connectivity index (χ1) is 10.9. The van der Waals surface area contributed by atoms with Crippen molar-refractivity contribution in [1.29, 1.82) is 0 Å². The van der Waals surface area contributed by atoms with E-state index >= 15 is 0 Å². The van der Waals surface area contributed by atoms with Gasteiger partial charge in [-0.1, -0.05) is 32.4 Å². The van der Waals surface area contributed by atoms with Crippen molar-refractivity contribution >= 4 is 22.8 Å². The summed E-state index contributed by atoms with van der Waals surface area (Å²) in [6, 6.07) is 5.87. The van der Waals surface area contributed by atoms with E-state index in [9.17, 15) is 19.5 Å². The van der Waals surface area contributed by atoms with E-state index in [1.165, 1.54) is 10.9 Å². The number of amides is 1. The highest BCUT2D eigenvalue weighted by molar-refractivity contribution is 5.84. The Morgan fingerprint density at radius 2 is 2.04 bits per heavy atom. The normalized spacial score (nSPS) is 13.5. The van der Waals surface area contributed by atoms with Crippen LogP contribution in [-0.2, 0) is 16.1 Å². The fourth-order valence-corrected chi connectivity index (χ4v) is 2.28. The number of carbonyl (C=O) groups excluding carboxylic acids is 1. The zero-order valence-electron chi connectivity index (χ0n) is 13.0. The Balaban J connectivity index is 2.19. The molecular weight excluding hydrogens is 298 g/mol. The second-order valence-electron chi connectivity index (χ2n) is 5.46.